The lowest BCUT2D eigenvalue weighted by Crippen LogP contribution is -2.36. The van der Waals surface area contributed by atoms with Crippen LogP contribution in [0.4, 0.5) is 5.69 Å². The molecule has 0 unspecified atom stereocenters. The number of hydrogen-bond acceptors (Lipinski definition) is 3. The lowest BCUT2D eigenvalue weighted by molar-refractivity contribution is 0.0723. The van der Waals surface area contributed by atoms with E-state index in [-0.39, 0.29) is 11.9 Å². The molecule has 1 rings (SSSR count). The molecular weight excluding hydrogens is 196 g/mol. The zero-order chi connectivity index (χ0) is 10.7. The van der Waals surface area contributed by atoms with E-state index in [2.05, 4.69) is 0 Å². The maximum absolute atomic E-state index is 12.0. The number of nitrogens with zero attached hydrogens (tertiary/aromatic N) is 1. The number of amides is 1. The highest BCUT2D eigenvalue weighted by atomic mass is 32.1. The molecule has 0 atom stereocenters. The zero-order valence-corrected chi connectivity index (χ0v) is 9.60. The Kier molecular flexibility index (Phi) is 3.52. The highest BCUT2D eigenvalue weighted by Gasteiger charge is 2.19. The molecule has 1 amide bonds. The van der Waals surface area contributed by atoms with Crippen molar-refractivity contribution in [3.8, 4) is 0 Å². The van der Waals surface area contributed by atoms with Crippen LogP contribution in [0.3, 0.4) is 0 Å². The van der Waals surface area contributed by atoms with Crippen molar-refractivity contribution in [2.45, 2.75) is 26.8 Å². The molecule has 1 aromatic rings. The molecule has 0 bridgehead atoms. The SMILES string of the molecule is CCN(C(=O)c1sccc1N)C(C)C. The molecular formula is C10H16N2OS. The van der Waals surface area contributed by atoms with Gasteiger partial charge in [0, 0.05) is 12.6 Å². The molecule has 0 fully saturated rings. The summed E-state index contributed by atoms with van der Waals surface area (Å²) in [5.41, 5.74) is 6.28. The van der Waals surface area contributed by atoms with Gasteiger partial charge in [0.25, 0.3) is 5.91 Å². The van der Waals surface area contributed by atoms with Crippen molar-refractivity contribution in [1.82, 2.24) is 4.90 Å². The van der Waals surface area contributed by atoms with E-state index in [4.69, 9.17) is 5.73 Å². The molecule has 0 aliphatic carbocycles. The van der Waals surface area contributed by atoms with Crippen molar-refractivity contribution >= 4 is 22.9 Å². The predicted molar refractivity (Wildman–Crippen MR) is 60.6 cm³/mol. The monoisotopic (exact) mass is 212 g/mol. The van der Waals surface area contributed by atoms with Gasteiger partial charge in [0.2, 0.25) is 0 Å². The number of thiophene rings is 1. The summed E-state index contributed by atoms with van der Waals surface area (Å²) in [4.78, 5) is 14.4. The van der Waals surface area contributed by atoms with Crippen LogP contribution in [-0.4, -0.2) is 23.4 Å². The molecule has 2 N–H and O–H groups in total. The fourth-order valence-electron chi connectivity index (χ4n) is 1.37. The number of anilines is 1. The van der Waals surface area contributed by atoms with Crippen molar-refractivity contribution in [2.75, 3.05) is 12.3 Å². The molecule has 3 nitrogen and oxygen atoms in total. The van der Waals surface area contributed by atoms with Gasteiger partial charge in [-0.3, -0.25) is 4.79 Å². The molecule has 0 radical (unpaired) electrons. The van der Waals surface area contributed by atoms with E-state index in [9.17, 15) is 4.79 Å². The fourth-order valence-corrected chi connectivity index (χ4v) is 2.14. The van der Waals surface area contributed by atoms with Crippen molar-refractivity contribution < 1.29 is 4.79 Å². The lowest BCUT2D eigenvalue weighted by atomic mass is 10.2. The molecule has 0 saturated heterocycles. The molecule has 0 aliphatic heterocycles. The molecule has 1 aromatic heterocycles. The minimum atomic E-state index is 0.0370. The zero-order valence-electron chi connectivity index (χ0n) is 8.78. The number of nitrogen functional groups attached to an aromatic ring is 1. The van der Waals surface area contributed by atoms with Gasteiger partial charge in [-0.05, 0) is 32.2 Å². The fraction of sp³-hybridized carbons (Fsp3) is 0.500. The Balaban J connectivity index is 2.89. The Morgan fingerprint density at radius 2 is 2.29 bits per heavy atom. The summed E-state index contributed by atoms with van der Waals surface area (Å²) in [6, 6.07) is 1.99. The van der Waals surface area contributed by atoms with Gasteiger partial charge < -0.3 is 10.6 Å². The number of nitrogens with two attached hydrogens (primary N) is 1. The first-order chi connectivity index (χ1) is 6.57. The van der Waals surface area contributed by atoms with Gasteiger partial charge in [-0.2, -0.15) is 0 Å². The van der Waals surface area contributed by atoms with Crippen LogP contribution in [0.1, 0.15) is 30.4 Å². The number of rotatable bonds is 3. The normalized spacial score (nSPS) is 10.6. The summed E-state index contributed by atoms with van der Waals surface area (Å²) < 4.78 is 0. The Morgan fingerprint density at radius 3 is 2.64 bits per heavy atom. The first kappa shape index (κ1) is 11.0. The quantitative estimate of drug-likeness (QED) is 0.835. The van der Waals surface area contributed by atoms with E-state index >= 15 is 0 Å². The average molecular weight is 212 g/mol. The summed E-state index contributed by atoms with van der Waals surface area (Å²) in [5, 5.41) is 1.84. The molecule has 4 heteroatoms. The molecule has 78 valence electrons. The van der Waals surface area contributed by atoms with E-state index < -0.39 is 0 Å². The highest BCUT2D eigenvalue weighted by Crippen LogP contribution is 2.21. The van der Waals surface area contributed by atoms with Gasteiger partial charge in [0.15, 0.2) is 0 Å². The van der Waals surface area contributed by atoms with Crippen LogP contribution in [0.5, 0.6) is 0 Å². The van der Waals surface area contributed by atoms with Gasteiger partial charge in [-0.25, -0.2) is 0 Å². The minimum Gasteiger partial charge on any atom is -0.397 e. The van der Waals surface area contributed by atoms with Crippen molar-refractivity contribution in [3.05, 3.63) is 16.3 Å². The summed E-state index contributed by atoms with van der Waals surface area (Å²) >= 11 is 1.40. The summed E-state index contributed by atoms with van der Waals surface area (Å²) in [5.74, 6) is 0.0370. The van der Waals surface area contributed by atoms with Gasteiger partial charge in [0.05, 0.1) is 5.69 Å². The predicted octanol–water partition coefficient (Wildman–Crippen LogP) is 2.20. The van der Waals surface area contributed by atoms with Crippen LogP contribution in [0.15, 0.2) is 11.4 Å². The first-order valence-electron chi connectivity index (χ1n) is 4.71. The number of carbonyl (C=O) groups is 1. The van der Waals surface area contributed by atoms with Crippen molar-refractivity contribution in [3.63, 3.8) is 0 Å². The lowest BCUT2D eigenvalue weighted by Gasteiger charge is -2.24. The van der Waals surface area contributed by atoms with Crippen LogP contribution in [0.25, 0.3) is 0 Å². The van der Waals surface area contributed by atoms with E-state index in [1.165, 1.54) is 11.3 Å². The maximum atomic E-state index is 12.0. The van der Waals surface area contributed by atoms with E-state index in [0.717, 1.165) is 0 Å². The average Bonchev–Trinajstić information content (AvgIpc) is 2.51. The molecule has 0 aromatic carbocycles. The minimum absolute atomic E-state index is 0.0370. The summed E-state index contributed by atoms with van der Waals surface area (Å²) in [7, 11) is 0. The van der Waals surface area contributed by atoms with Crippen LogP contribution in [0, 0.1) is 0 Å². The van der Waals surface area contributed by atoms with E-state index in [0.29, 0.717) is 17.1 Å². The second kappa shape index (κ2) is 4.46. The third kappa shape index (κ3) is 2.07. The van der Waals surface area contributed by atoms with Gasteiger partial charge in [-0.1, -0.05) is 0 Å². The third-order valence-corrected chi connectivity index (χ3v) is 3.03. The molecule has 0 aliphatic rings. The third-order valence-electron chi connectivity index (χ3n) is 2.11. The summed E-state index contributed by atoms with van der Waals surface area (Å²) in [6.45, 7) is 6.70. The summed E-state index contributed by atoms with van der Waals surface area (Å²) in [6.07, 6.45) is 0. The Morgan fingerprint density at radius 1 is 1.64 bits per heavy atom. The second-order valence-electron chi connectivity index (χ2n) is 3.39. The number of carbonyl (C=O) groups excluding carboxylic acids is 1. The van der Waals surface area contributed by atoms with Gasteiger partial charge in [0.1, 0.15) is 4.88 Å². The van der Waals surface area contributed by atoms with E-state index in [1.54, 1.807) is 6.07 Å². The first-order valence-corrected chi connectivity index (χ1v) is 5.59. The smallest absolute Gasteiger partial charge is 0.266 e. The maximum Gasteiger partial charge on any atom is 0.266 e. The van der Waals surface area contributed by atoms with Crippen LogP contribution in [0.2, 0.25) is 0 Å². The Labute approximate surface area is 88.5 Å². The van der Waals surface area contributed by atoms with Gasteiger partial charge >= 0.3 is 0 Å². The van der Waals surface area contributed by atoms with Gasteiger partial charge in [-0.15, -0.1) is 11.3 Å². The largest absolute Gasteiger partial charge is 0.397 e. The van der Waals surface area contributed by atoms with E-state index in [1.807, 2.05) is 31.1 Å². The molecule has 14 heavy (non-hydrogen) atoms. The topological polar surface area (TPSA) is 46.3 Å². The highest BCUT2D eigenvalue weighted by molar-refractivity contribution is 7.12. The van der Waals surface area contributed by atoms with Crippen LogP contribution in [-0.2, 0) is 0 Å². The molecule has 0 saturated carbocycles. The van der Waals surface area contributed by atoms with Crippen LogP contribution < -0.4 is 5.73 Å². The Hall–Kier alpha value is -1.03. The second-order valence-corrected chi connectivity index (χ2v) is 4.31. The Bertz CT molecular complexity index is 320. The van der Waals surface area contributed by atoms with Crippen molar-refractivity contribution in [2.24, 2.45) is 0 Å². The van der Waals surface area contributed by atoms with Crippen molar-refractivity contribution in [1.29, 1.82) is 0 Å². The number of hydrogen-bond donors (Lipinski definition) is 1. The van der Waals surface area contributed by atoms with Crippen LogP contribution >= 0.6 is 11.3 Å². The molecule has 1 heterocycles. The molecule has 0 spiro atoms. The standard InChI is InChI=1S/C10H16N2OS/c1-4-12(7(2)3)10(13)9-8(11)5-6-14-9/h5-7H,4,11H2,1-3H3.